The smallest absolute Gasteiger partial charge is 0.127 e. The fourth-order valence-corrected chi connectivity index (χ4v) is 2.40. The first-order chi connectivity index (χ1) is 8.16. The topological polar surface area (TPSA) is 38.9 Å². The molecular weight excluding hydrogens is 259 g/mol. The number of anilines is 1. The van der Waals surface area contributed by atoms with Crippen LogP contribution in [0.3, 0.4) is 0 Å². The summed E-state index contributed by atoms with van der Waals surface area (Å²) >= 11 is 7.20. The minimum atomic E-state index is -0.267. The van der Waals surface area contributed by atoms with Crippen molar-refractivity contribution in [2.24, 2.45) is 0 Å². The van der Waals surface area contributed by atoms with Gasteiger partial charge in [0.15, 0.2) is 0 Å². The van der Waals surface area contributed by atoms with E-state index >= 15 is 0 Å². The largest absolute Gasteiger partial charge is 0.397 e. The van der Waals surface area contributed by atoms with E-state index in [0.29, 0.717) is 27.1 Å². The van der Waals surface area contributed by atoms with E-state index in [2.05, 4.69) is 4.98 Å². The zero-order valence-electron chi connectivity index (χ0n) is 8.86. The Balaban J connectivity index is 2.12. The lowest BCUT2D eigenvalue weighted by molar-refractivity contribution is 0.617. The molecule has 1 aromatic heterocycles. The van der Waals surface area contributed by atoms with E-state index in [1.165, 1.54) is 23.9 Å². The first-order valence-corrected chi connectivity index (χ1v) is 6.30. The van der Waals surface area contributed by atoms with Gasteiger partial charge in [-0.1, -0.05) is 23.4 Å². The molecule has 17 heavy (non-hydrogen) atoms. The summed E-state index contributed by atoms with van der Waals surface area (Å²) in [6.07, 6.45) is 1.66. The van der Waals surface area contributed by atoms with Crippen molar-refractivity contribution in [3.8, 4) is 0 Å². The van der Waals surface area contributed by atoms with Crippen LogP contribution in [0.4, 0.5) is 10.1 Å². The third kappa shape index (κ3) is 3.11. The average Bonchev–Trinajstić information content (AvgIpc) is 2.32. The summed E-state index contributed by atoms with van der Waals surface area (Å²) < 4.78 is 13.4. The third-order valence-electron chi connectivity index (χ3n) is 2.17. The van der Waals surface area contributed by atoms with Gasteiger partial charge in [-0.2, -0.15) is 0 Å². The second-order valence-electron chi connectivity index (χ2n) is 3.42. The Kier molecular flexibility index (Phi) is 3.86. The fourth-order valence-electron chi connectivity index (χ4n) is 1.32. The number of nitrogen functional groups attached to an aromatic ring is 1. The van der Waals surface area contributed by atoms with Crippen LogP contribution in [0.15, 0.2) is 41.6 Å². The van der Waals surface area contributed by atoms with Gasteiger partial charge in [0.1, 0.15) is 10.8 Å². The van der Waals surface area contributed by atoms with Crippen LogP contribution in [0.1, 0.15) is 5.56 Å². The van der Waals surface area contributed by atoms with Crippen molar-refractivity contribution in [2.75, 3.05) is 5.73 Å². The molecule has 0 radical (unpaired) electrons. The van der Waals surface area contributed by atoms with Crippen molar-refractivity contribution >= 4 is 29.1 Å². The normalized spacial score (nSPS) is 10.5. The Morgan fingerprint density at radius 3 is 2.94 bits per heavy atom. The minimum Gasteiger partial charge on any atom is -0.397 e. The molecule has 2 nitrogen and oxygen atoms in total. The molecule has 1 heterocycles. The maximum absolute atomic E-state index is 13.4. The molecule has 0 saturated carbocycles. The monoisotopic (exact) mass is 268 g/mol. The second kappa shape index (κ2) is 5.38. The van der Waals surface area contributed by atoms with Gasteiger partial charge in [0.25, 0.3) is 0 Å². The molecule has 2 aromatic rings. The van der Waals surface area contributed by atoms with Crippen LogP contribution in [0.5, 0.6) is 0 Å². The van der Waals surface area contributed by atoms with Crippen LogP contribution >= 0.6 is 23.4 Å². The highest BCUT2D eigenvalue weighted by atomic mass is 35.5. The zero-order chi connectivity index (χ0) is 12.3. The Morgan fingerprint density at radius 1 is 1.35 bits per heavy atom. The quantitative estimate of drug-likeness (QED) is 0.862. The Labute approximate surface area is 108 Å². The molecule has 0 aliphatic rings. The zero-order valence-corrected chi connectivity index (χ0v) is 10.4. The molecule has 5 heteroatoms. The molecule has 0 unspecified atom stereocenters. The van der Waals surface area contributed by atoms with Gasteiger partial charge in [0.2, 0.25) is 0 Å². The summed E-state index contributed by atoms with van der Waals surface area (Å²) in [5, 5.41) is 1.22. The van der Waals surface area contributed by atoms with Crippen molar-refractivity contribution in [2.45, 2.75) is 10.8 Å². The summed E-state index contributed by atoms with van der Waals surface area (Å²) in [6, 6.07) is 8.03. The predicted molar refractivity (Wildman–Crippen MR) is 69.6 cm³/mol. The summed E-state index contributed by atoms with van der Waals surface area (Å²) in [5.74, 6) is 0.185. The molecule has 2 rings (SSSR count). The molecule has 1 aromatic carbocycles. The Bertz CT molecular complexity index is 534. The Hall–Kier alpha value is -1.26. The lowest BCUT2D eigenvalue weighted by Crippen LogP contribution is -1.92. The lowest BCUT2D eigenvalue weighted by Gasteiger charge is -2.05. The number of halogens is 2. The van der Waals surface area contributed by atoms with Crippen LogP contribution in [0, 0.1) is 5.82 Å². The van der Waals surface area contributed by atoms with Gasteiger partial charge in [0, 0.05) is 17.0 Å². The van der Waals surface area contributed by atoms with Gasteiger partial charge in [0.05, 0.1) is 5.69 Å². The van der Waals surface area contributed by atoms with Gasteiger partial charge < -0.3 is 5.73 Å². The van der Waals surface area contributed by atoms with Crippen molar-refractivity contribution in [3.05, 3.63) is 52.9 Å². The molecule has 0 aliphatic carbocycles. The average molecular weight is 269 g/mol. The first-order valence-electron chi connectivity index (χ1n) is 4.94. The van der Waals surface area contributed by atoms with Crippen LogP contribution in [0.25, 0.3) is 0 Å². The number of nitrogens with two attached hydrogens (primary N) is 1. The van der Waals surface area contributed by atoms with Gasteiger partial charge in [-0.3, -0.25) is 0 Å². The molecule has 0 aliphatic heterocycles. The van der Waals surface area contributed by atoms with E-state index < -0.39 is 0 Å². The SMILES string of the molecule is Nc1cccnc1SCc1cc(Cl)ccc1F. The van der Waals surface area contributed by atoms with E-state index in [4.69, 9.17) is 17.3 Å². The molecule has 0 fully saturated rings. The van der Waals surface area contributed by atoms with Gasteiger partial charge >= 0.3 is 0 Å². The van der Waals surface area contributed by atoms with Crippen LogP contribution in [-0.4, -0.2) is 4.98 Å². The molecular formula is C12H10ClFN2S. The number of hydrogen-bond acceptors (Lipinski definition) is 3. The third-order valence-corrected chi connectivity index (χ3v) is 3.48. The number of thioether (sulfide) groups is 1. The number of pyridine rings is 1. The van der Waals surface area contributed by atoms with E-state index in [9.17, 15) is 4.39 Å². The summed E-state index contributed by atoms with van der Waals surface area (Å²) in [5.41, 5.74) is 6.90. The van der Waals surface area contributed by atoms with Gasteiger partial charge in [-0.05, 0) is 35.9 Å². The maximum Gasteiger partial charge on any atom is 0.127 e. The highest BCUT2D eigenvalue weighted by Gasteiger charge is 2.06. The second-order valence-corrected chi connectivity index (χ2v) is 4.82. The number of hydrogen-bond donors (Lipinski definition) is 1. The maximum atomic E-state index is 13.4. The van der Waals surface area contributed by atoms with Crippen LogP contribution in [0.2, 0.25) is 5.02 Å². The molecule has 0 spiro atoms. The van der Waals surface area contributed by atoms with E-state index in [1.807, 2.05) is 0 Å². The van der Waals surface area contributed by atoms with E-state index in [0.717, 1.165) is 0 Å². The number of rotatable bonds is 3. The van der Waals surface area contributed by atoms with Crippen molar-refractivity contribution < 1.29 is 4.39 Å². The fraction of sp³-hybridized carbons (Fsp3) is 0.0833. The van der Waals surface area contributed by atoms with E-state index in [1.54, 1.807) is 24.4 Å². The number of nitrogens with zero attached hydrogens (tertiary/aromatic N) is 1. The minimum absolute atomic E-state index is 0.267. The van der Waals surface area contributed by atoms with Gasteiger partial charge in [-0.25, -0.2) is 9.37 Å². The number of benzene rings is 1. The molecule has 0 saturated heterocycles. The highest BCUT2D eigenvalue weighted by molar-refractivity contribution is 7.98. The lowest BCUT2D eigenvalue weighted by atomic mass is 10.2. The summed E-state index contributed by atoms with van der Waals surface area (Å²) in [6.45, 7) is 0. The number of aromatic nitrogens is 1. The van der Waals surface area contributed by atoms with Crippen LogP contribution in [-0.2, 0) is 5.75 Å². The van der Waals surface area contributed by atoms with Gasteiger partial charge in [-0.15, -0.1) is 0 Å². The Morgan fingerprint density at radius 2 is 2.18 bits per heavy atom. The van der Waals surface area contributed by atoms with E-state index in [-0.39, 0.29) is 5.82 Å². The van der Waals surface area contributed by atoms with Crippen molar-refractivity contribution in [1.29, 1.82) is 0 Å². The van der Waals surface area contributed by atoms with Crippen molar-refractivity contribution in [1.82, 2.24) is 4.98 Å². The summed E-state index contributed by atoms with van der Waals surface area (Å²) in [7, 11) is 0. The summed E-state index contributed by atoms with van der Waals surface area (Å²) in [4.78, 5) is 4.13. The molecule has 2 N–H and O–H groups in total. The standard InChI is InChI=1S/C12H10ClFN2S/c13-9-3-4-10(14)8(6-9)7-17-12-11(15)2-1-5-16-12/h1-6H,7,15H2. The van der Waals surface area contributed by atoms with Crippen molar-refractivity contribution in [3.63, 3.8) is 0 Å². The predicted octanol–water partition coefficient (Wildman–Crippen LogP) is 3.75. The molecule has 88 valence electrons. The molecule has 0 atom stereocenters. The first kappa shape index (κ1) is 12.2. The van der Waals surface area contributed by atoms with Crippen LogP contribution < -0.4 is 5.73 Å². The molecule has 0 bridgehead atoms. The molecule has 0 amide bonds. The highest BCUT2D eigenvalue weighted by Crippen LogP contribution is 2.27.